The number of rotatable bonds is 8. The maximum Gasteiger partial charge on any atom is 0.411 e. The first-order valence-electron chi connectivity index (χ1n) is 10.7. The van der Waals surface area contributed by atoms with Crippen molar-refractivity contribution in [2.24, 2.45) is 5.92 Å². The number of benzene rings is 2. The van der Waals surface area contributed by atoms with Crippen LogP contribution in [-0.4, -0.2) is 29.8 Å². The molecule has 0 atom stereocenters. The molecule has 0 aliphatic heterocycles. The van der Waals surface area contributed by atoms with Crippen LogP contribution < -0.4 is 15.8 Å². The van der Waals surface area contributed by atoms with Crippen LogP contribution in [0.2, 0.25) is 0 Å². The predicted molar refractivity (Wildman–Crippen MR) is 121 cm³/mol. The molecule has 4 rings (SSSR count). The van der Waals surface area contributed by atoms with E-state index in [1.54, 1.807) is 38.1 Å². The summed E-state index contributed by atoms with van der Waals surface area (Å²) in [5.41, 5.74) is 10.4. The number of ether oxygens (including phenoxy) is 2. The fourth-order valence-electron chi connectivity index (χ4n) is 3.74. The van der Waals surface area contributed by atoms with E-state index in [2.05, 4.69) is 9.88 Å². The second-order valence-electron chi connectivity index (χ2n) is 8.35. The van der Waals surface area contributed by atoms with E-state index in [0.29, 0.717) is 23.0 Å². The fraction of sp³-hybridized carbons (Fsp3) is 0.375. The normalized spacial score (nSPS) is 13.7. The highest BCUT2D eigenvalue weighted by Crippen LogP contribution is 2.41. The Kier molecular flexibility index (Phi) is 6.21. The number of hydrogen-bond donors (Lipinski definition) is 2. The second-order valence-corrected chi connectivity index (χ2v) is 8.35. The van der Waals surface area contributed by atoms with Crippen LogP contribution >= 0.6 is 0 Å². The lowest BCUT2D eigenvalue weighted by Crippen LogP contribution is -2.17. The number of hydrogen-bond acceptors (Lipinski definition) is 4. The Labute approximate surface area is 185 Å². The van der Waals surface area contributed by atoms with Gasteiger partial charge in [0.25, 0.3) is 6.43 Å². The molecule has 1 amide bonds. The van der Waals surface area contributed by atoms with Crippen molar-refractivity contribution in [1.29, 1.82) is 0 Å². The first kappa shape index (κ1) is 21.9. The molecule has 0 bridgehead atoms. The molecule has 3 aromatic rings. The van der Waals surface area contributed by atoms with Gasteiger partial charge in [0.1, 0.15) is 12.4 Å². The van der Waals surface area contributed by atoms with Gasteiger partial charge in [-0.2, -0.15) is 0 Å². The summed E-state index contributed by atoms with van der Waals surface area (Å²) in [5, 5.41) is 3.56. The molecular weight excluding hydrogens is 416 g/mol. The molecule has 1 fully saturated rings. The van der Waals surface area contributed by atoms with Crippen molar-refractivity contribution in [3.63, 3.8) is 0 Å². The molecule has 170 valence electrons. The van der Waals surface area contributed by atoms with Gasteiger partial charge in [0.05, 0.1) is 23.0 Å². The van der Waals surface area contributed by atoms with Crippen LogP contribution in [0, 0.1) is 5.92 Å². The minimum absolute atomic E-state index is 0.207. The molecule has 1 aliphatic rings. The zero-order valence-electron chi connectivity index (χ0n) is 18.1. The van der Waals surface area contributed by atoms with Gasteiger partial charge >= 0.3 is 6.09 Å². The minimum Gasteiger partial charge on any atom is -0.488 e. The number of halogens is 2. The van der Waals surface area contributed by atoms with Crippen LogP contribution in [0.25, 0.3) is 22.2 Å². The largest absolute Gasteiger partial charge is 0.488 e. The highest BCUT2D eigenvalue weighted by atomic mass is 19.3. The number of amides is 1. The Bertz CT molecular complexity index is 1110. The van der Waals surface area contributed by atoms with Gasteiger partial charge in [0.2, 0.25) is 0 Å². The van der Waals surface area contributed by atoms with Crippen molar-refractivity contribution >= 4 is 28.4 Å². The van der Waals surface area contributed by atoms with E-state index < -0.39 is 19.1 Å². The lowest BCUT2D eigenvalue weighted by Gasteiger charge is -2.13. The number of nitrogens with one attached hydrogen (secondary N) is 1. The van der Waals surface area contributed by atoms with Gasteiger partial charge in [-0.15, -0.1) is 0 Å². The Hall–Kier alpha value is -3.29. The van der Waals surface area contributed by atoms with E-state index in [9.17, 15) is 13.6 Å². The zero-order chi connectivity index (χ0) is 22.8. The Morgan fingerprint density at radius 2 is 1.91 bits per heavy atom. The number of nitrogen functional groups attached to an aromatic ring is 1. The Morgan fingerprint density at radius 3 is 2.53 bits per heavy atom. The number of aromatic nitrogens is 1. The first-order chi connectivity index (χ1) is 15.3. The van der Waals surface area contributed by atoms with Gasteiger partial charge in [-0.05, 0) is 56.9 Å². The number of fused-ring (bicyclic) bond motifs is 1. The summed E-state index contributed by atoms with van der Waals surface area (Å²) in [6, 6.07) is 12.6. The van der Waals surface area contributed by atoms with Crippen LogP contribution in [0.1, 0.15) is 26.7 Å². The highest BCUT2D eigenvalue weighted by molar-refractivity contribution is 6.01. The molecule has 1 aliphatic carbocycles. The van der Waals surface area contributed by atoms with E-state index >= 15 is 0 Å². The number of alkyl halides is 2. The lowest BCUT2D eigenvalue weighted by atomic mass is 10.1. The molecule has 0 radical (unpaired) electrons. The van der Waals surface area contributed by atoms with Gasteiger partial charge in [-0.25, -0.2) is 13.6 Å². The summed E-state index contributed by atoms with van der Waals surface area (Å²) >= 11 is 0. The van der Waals surface area contributed by atoms with Crippen molar-refractivity contribution in [2.75, 3.05) is 17.7 Å². The van der Waals surface area contributed by atoms with Crippen LogP contribution in [0.15, 0.2) is 42.5 Å². The maximum atomic E-state index is 12.6. The van der Waals surface area contributed by atoms with Crippen LogP contribution in [0.5, 0.6) is 5.75 Å². The van der Waals surface area contributed by atoms with Crippen molar-refractivity contribution in [3.8, 4) is 17.0 Å². The summed E-state index contributed by atoms with van der Waals surface area (Å²) in [4.78, 5) is 11.8. The topological polar surface area (TPSA) is 78.5 Å². The lowest BCUT2D eigenvalue weighted by molar-refractivity contribution is 0.0819. The standard InChI is InChI=1S/C24H27F2N3O3/c1-14(2)32-24(30)28-17-7-5-16(6-8-17)23-22(27)19-10-9-18(31-13-21(25)26)11-20(19)29(23)12-15-3-4-15/h5-11,14-15,21H,3-4,12-13,27H2,1-2H3,(H,28,30). The predicted octanol–water partition coefficient (Wildman–Crippen LogP) is 5.90. The van der Waals surface area contributed by atoms with E-state index in [1.807, 2.05) is 18.2 Å². The smallest absolute Gasteiger partial charge is 0.411 e. The minimum atomic E-state index is -2.53. The van der Waals surface area contributed by atoms with Gasteiger partial charge in [-0.3, -0.25) is 5.32 Å². The van der Waals surface area contributed by atoms with E-state index in [0.717, 1.165) is 41.5 Å². The van der Waals surface area contributed by atoms with Crippen molar-refractivity contribution in [3.05, 3.63) is 42.5 Å². The SMILES string of the molecule is CC(C)OC(=O)Nc1ccc(-c2c(N)c3ccc(OCC(F)F)cc3n2CC2CC2)cc1. The summed E-state index contributed by atoms with van der Waals surface area (Å²) < 4.78 is 37.6. The molecule has 1 saturated carbocycles. The quantitative estimate of drug-likeness (QED) is 0.454. The van der Waals surface area contributed by atoms with Crippen LogP contribution in [-0.2, 0) is 11.3 Å². The van der Waals surface area contributed by atoms with Crippen LogP contribution in [0.3, 0.4) is 0 Å². The van der Waals surface area contributed by atoms with E-state index in [1.165, 1.54) is 0 Å². The van der Waals surface area contributed by atoms with Gasteiger partial charge < -0.3 is 19.8 Å². The zero-order valence-corrected chi connectivity index (χ0v) is 18.1. The molecule has 0 saturated heterocycles. The Balaban J connectivity index is 1.67. The maximum absolute atomic E-state index is 12.6. The van der Waals surface area contributed by atoms with Crippen molar-refractivity contribution < 1.29 is 23.0 Å². The number of nitrogens with two attached hydrogens (primary N) is 1. The molecule has 3 N–H and O–H groups in total. The summed E-state index contributed by atoms with van der Waals surface area (Å²) in [6.07, 6.45) is -0.939. The highest BCUT2D eigenvalue weighted by Gasteiger charge is 2.26. The fourth-order valence-corrected chi connectivity index (χ4v) is 3.74. The third-order valence-corrected chi connectivity index (χ3v) is 5.34. The van der Waals surface area contributed by atoms with Crippen molar-refractivity contribution in [1.82, 2.24) is 4.57 Å². The third-order valence-electron chi connectivity index (χ3n) is 5.34. The molecule has 6 nitrogen and oxygen atoms in total. The van der Waals surface area contributed by atoms with E-state index in [-0.39, 0.29) is 6.10 Å². The summed E-state index contributed by atoms with van der Waals surface area (Å²) in [5.74, 6) is 0.961. The van der Waals surface area contributed by atoms with Crippen LogP contribution in [0.4, 0.5) is 25.0 Å². The average Bonchev–Trinajstić information content (AvgIpc) is 3.51. The summed E-state index contributed by atoms with van der Waals surface area (Å²) in [7, 11) is 0. The number of carbonyl (C=O) groups is 1. The third kappa shape index (κ3) is 4.95. The van der Waals surface area contributed by atoms with Gasteiger partial charge in [-0.1, -0.05) is 12.1 Å². The molecule has 32 heavy (non-hydrogen) atoms. The van der Waals surface area contributed by atoms with E-state index in [4.69, 9.17) is 15.2 Å². The monoisotopic (exact) mass is 443 g/mol. The molecule has 1 heterocycles. The molecule has 0 spiro atoms. The van der Waals surface area contributed by atoms with Gasteiger partial charge in [0.15, 0.2) is 0 Å². The first-order valence-corrected chi connectivity index (χ1v) is 10.7. The second kappa shape index (κ2) is 9.06. The molecular formula is C24H27F2N3O3. The summed E-state index contributed by atoms with van der Waals surface area (Å²) in [6.45, 7) is 3.72. The number of nitrogens with zero attached hydrogens (tertiary/aromatic N) is 1. The molecule has 2 aromatic carbocycles. The van der Waals surface area contributed by atoms with Crippen molar-refractivity contribution in [2.45, 2.75) is 45.8 Å². The molecule has 0 unspecified atom stereocenters. The molecule has 8 heteroatoms. The Morgan fingerprint density at radius 1 is 1.19 bits per heavy atom. The van der Waals surface area contributed by atoms with Gasteiger partial charge in [0, 0.05) is 29.2 Å². The number of carbonyl (C=O) groups excluding carboxylic acids is 1. The molecule has 1 aromatic heterocycles. The number of anilines is 2. The average molecular weight is 443 g/mol.